The number of anilines is 1. The van der Waals surface area contributed by atoms with Crippen molar-refractivity contribution in [2.24, 2.45) is 0 Å². The average molecular weight is 792 g/mol. The van der Waals surface area contributed by atoms with Crippen molar-refractivity contribution in [3.8, 4) is 0 Å². The van der Waals surface area contributed by atoms with Gasteiger partial charge in [-0.25, -0.2) is 0 Å². The molecule has 0 amide bonds. The molecule has 0 radical (unpaired) electrons. The Kier molecular flexibility index (Phi) is 15.3. The predicted molar refractivity (Wildman–Crippen MR) is 242 cm³/mol. The zero-order valence-electron chi connectivity index (χ0n) is 35.2. The number of hydrogen-bond acceptors (Lipinski definition) is 3. The number of benzene rings is 4. The quantitative estimate of drug-likeness (QED) is 0.0444. The fourth-order valence-corrected chi connectivity index (χ4v) is 9.42. The summed E-state index contributed by atoms with van der Waals surface area (Å²) in [6.07, 6.45) is 22.9. The van der Waals surface area contributed by atoms with Crippen LogP contribution in [0.1, 0.15) is 113 Å². The van der Waals surface area contributed by atoms with Crippen molar-refractivity contribution in [3.05, 3.63) is 168 Å². The van der Waals surface area contributed by atoms with Crippen LogP contribution in [-0.2, 0) is 33.3 Å². The first-order valence-electron chi connectivity index (χ1n) is 21.9. The number of carbonyl (C=O) groups is 2. The van der Waals surface area contributed by atoms with E-state index in [0.29, 0.717) is 12.8 Å². The molecule has 0 saturated carbocycles. The van der Waals surface area contributed by atoms with Gasteiger partial charge in [0.2, 0.25) is 5.69 Å². The largest absolute Gasteiger partial charge is 0.481 e. The summed E-state index contributed by atoms with van der Waals surface area (Å²) in [4.78, 5) is 24.9. The van der Waals surface area contributed by atoms with Crippen molar-refractivity contribution in [1.82, 2.24) is 0 Å². The summed E-state index contributed by atoms with van der Waals surface area (Å²) in [6.45, 7) is 6.49. The number of nitrogens with zero attached hydrogens (tertiary/aromatic N) is 2. The van der Waals surface area contributed by atoms with Crippen molar-refractivity contribution in [2.75, 3.05) is 18.0 Å². The highest BCUT2D eigenvalue weighted by atomic mass is 16.4. The Morgan fingerprint density at radius 2 is 1.15 bits per heavy atom. The van der Waals surface area contributed by atoms with Crippen LogP contribution < -0.4 is 4.90 Å². The van der Waals surface area contributed by atoms with Crippen molar-refractivity contribution >= 4 is 29.0 Å². The molecule has 2 atom stereocenters. The van der Waals surface area contributed by atoms with Gasteiger partial charge in [-0.1, -0.05) is 122 Å². The lowest BCUT2D eigenvalue weighted by Gasteiger charge is -2.30. The number of aryl methyl sites for hydroxylation is 2. The van der Waals surface area contributed by atoms with E-state index in [0.717, 1.165) is 77.3 Å². The highest BCUT2D eigenvalue weighted by molar-refractivity contribution is 6.03. The first kappa shape index (κ1) is 43.1. The molecule has 0 spiro atoms. The molecule has 0 fully saturated rings. The summed E-state index contributed by atoms with van der Waals surface area (Å²) in [5, 5.41) is 18.5. The van der Waals surface area contributed by atoms with Gasteiger partial charge in [0.1, 0.15) is 6.54 Å². The Morgan fingerprint density at radius 1 is 0.593 bits per heavy atom. The molecule has 6 heteroatoms. The molecule has 6 nitrogen and oxygen atoms in total. The highest BCUT2D eigenvalue weighted by Gasteiger charge is 2.47. The molecule has 308 valence electrons. The van der Waals surface area contributed by atoms with Crippen LogP contribution in [0.15, 0.2) is 145 Å². The monoisotopic (exact) mass is 791 g/mol. The average Bonchev–Trinajstić information content (AvgIpc) is 3.61. The molecule has 2 aliphatic rings. The summed E-state index contributed by atoms with van der Waals surface area (Å²) in [7, 11) is 0. The number of carboxylic acids is 2. The van der Waals surface area contributed by atoms with Gasteiger partial charge in [0.25, 0.3) is 0 Å². The zero-order valence-corrected chi connectivity index (χ0v) is 35.2. The van der Waals surface area contributed by atoms with Gasteiger partial charge in [-0.2, -0.15) is 4.58 Å². The fraction of sp³-hybridized carbons (Fsp3) is 0.377. The number of aliphatic carboxylic acids is 2. The molecule has 0 aliphatic carbocycles. The Bertz CT molecular complexity index is 2130. The van der Waals surface area contributed by atoms with Gasteiger partial charge in [0.15, 0.2) is 5.71 Å². The van der Waals surface area contributed by atoms with Crippen LogP contribution in [0.2, 0.25) is 0 Å². The molecule has 6 rings (SSSR count). The van der Waals surface area contributed by atoms with Crippen molar-refractivity contribution in [3.63, 3.8) is 0 Å². The molecule has 59 heavy (non-hydrogen) atoms. The van der Waals surface area contributed by atoms with E-state index in [1.807, 2.05) is 0 Å². The highest BCUT2D eigenvalue weighted by Crippen LogP contribution is 2.51. The van der Waals surface area contributed by atoms with E-state index in [2.05, 4.69) is 163 Å². The normalized spacial score (nSPS) is 19.3. The summed E-state index contributed by atoms with van der Waals surface area (Å²) in [5.74, 6) is -1.46. The summed E-state index contributed by atoms with van der Waals surface area (Å²) >= 11 is 0. The van der Waals surface area contributed by atoms with Gasteiger partial charge >= 0.3 is 11.9 Å². The molecular weight excluding hydrogens is 729 g/mol. The minimum Gasteiger partial charge on any atom is -0.481 e. The number of allylic oxidation sites excluding steroid dienone is 6. The van der Waals surface area contributed by atoms with Crippen molar-refractivity contribution in [2.45, 2.75) is 115 Å². The maximum Gasteiger partial charge on any atom is 0.303 e. The van der Waals surface area contributed by atoms with Gasteiger partial charge in [-0.05, 0) is 107 Å². The molecule has 2 aliphatic heterocycles. The molecule has 0 saturated heterocycles. The van der Waals surface area contributed by atoms with E-state index in [4.69, 9.17) is 0 Å². The Balaban J connectivity index is 1.28. The molecular formula is C53H63N2O4+. The Labute approximate surface area is 352 Å². The molecule has 2 heterocycles. The molecule has 2 N–H and O–H groups in total. The van der Waals surface area contributed by atoms with Crippen LogP contribution in [0.25, 0.3) is 0 Å². The van der Waals surface area contributed by atoms with Crippen LogP contribution >= 0.6 is 0 Å². The number of rotatable bonds is 23. The van der Waals surface area contributed by atoms with Crippen molar-refractivity contribution < 1.29 is 24.4 Å². The summed E-state index contributed by atoms with van der Waals surface area (Å²) in [6, 6.07) is 39.2. The summed E-state index contributed by atoms with van der Waals surface area (Å²) < 4.78 is 2.49. The van der Waals surface area contributed by atoms with E-state index >= 15 is 0 Å². The predicted octanol–water partition coefficient (Wildman–Crippen LogP) is 12.2. The third-order valence-corrected chi connectivity index (χ3v) is 12.5. The van der Waals surface area contributed by atoms with E-state index in [1.165, 1.54) is 45.0 Å². The second-order valence-electron chi connectivity index (χ2n) is 16.8. The molecule has 0 aromatic heterocycles. The number of hydrogen-bond donors (Lipinski definition) is 2. The molecule has 4 aromatic carbocycles. The topological polar surface area (TPSA) is 80.9 Å². The van der Waals surface area contributed by atoms with E-state index in [1.54, 1.807) is 0 Å². The second-order valence-corrected chi connectivity index (χ2v) is 16.8. The van der Waals surface area contributed by atoms with Crippen molar-refractivity contribution in [1.29, 1.82) is 0 Å². The van der Waals surface area contributed by atoms with Gasteiger partial charge in [-0.3, -0.25) is 9.59 Å². The second kappa shape index (κ2) is 21.0. The Morgan fingerprint density at radius 3 is 1.80 bits per heavy atom. The maximum atomic E-state index is 11.2. The smallest absolute Gasteiger partial charge is 0.303 e. The molecule has 0 bridgehead atoms. The van der Waals surface area contributed by atoms with E-state index in [-0.39, 0.29) is 23.7 Å². The first-order valence-corrected chi connectivity index (χ1v) is 21.9. The lowest BCUT2D eigenvalue weighted by molar-refractivity contribution is -0.438. The van der Waals surface area contributed by atoms with Crippen LogP contribution in [0.3, 0.4) is 0 Å². The number of unbranched alkanes of at least 4 members (excludes halogenated alkanes) is 4. The summed E-state index contributed by atoms with van der Waals surface area (Å²) in [5.41, 5.74) is 10.2. The first-order chi connectivity index (χ1) is 28.7. The number of para-hydroxylation sites is 2. The van der Waals surface area contributed by atoms with Gasteiger partial charge in [0.05, 0.1) is 5.41 Å². The minimum atomic E-state index is -0.729. The molecule has 2 unspecified atom stereocenters. The number of carboxylic acid groups (broad SMARTS) is 2. The number of fused-ring (bicyclic) bond motifs is 2. The third kappa shape index (κ3) is 11.0. The fourth-order valence-electron chi connectivity index (χ4n) is 9.42. The van der Waals surface area contributed by atoms with Gasteiger partial charge in [0, 0.05) is 60.3 Å². The van der Waals surface area contributed by atoms with Crippen LogP contribution in [0, 0.1) is 0 Å². The third-order valence-electron chi connectivity index (χ3n) is 12.5. The SMILES string of the molecule is CC1(CCCc2ccccc2)C(/C=C/C=C/C=C2/N(CCCCCC(=O)O)c3ccccc3C2(C)CCCc2ccccc2)=[N+](CCCCCC(=O)O)c2ccccc21. The standard InChI is InChI=1S/C53H62N2O4/c1-52(38-22-28-42-24-8-3-9-25-42)44-30-16-18-32-46(44)54(40-20-6-14-36-50(56)57)48(52)34-12-5-13-35-49-53(2,39-23-29-43-26-10-4-11-27-43)45-31-17-19-33-47(45)55(49)41-21-7-15-37-51(58)59/h3-5,8-13,16-19,24-27,30-35H,6-7,14-15,20-23,28-29,36-41H2,1-2H3,(H-,56,57,58,59)/p+1. The zero-order chi connectivity index (χ0) is 41.5. The van der Waals surface area contributed by atoms with Crippen LogP contribution in [0.4, 0.5) is 11.4 Å². The van der Waals surface area contributed by atoms with Gasteiger partial charge < -0.3 is 15.1 Å². The minimum absolute atomic E-state index is 0.170. The molecule has 4 aromatic rings. The Hall–Kier alpha value is -5.49. The van der Waals surface area contributed by atoms with E-state index < -0.39 is 11.9 Å². The van der Waals surface area contributed by atoms with Gasteiger partial charge in [-0.15, -0.1) is 0 Å². The van der Waals surface area contributed by atoms with Crippen LogP contribution in [-0.4, -0.2) is 45.5 Å². The lowest BCUT2D eigenvalue weighted by Crippen LogP contribution is -2.31. The van der Waals surface area contributed by atoms with Crippen LogP contribution in [0.5, 0.6) is 0 Å². The lowest BCUT2D eigenvalue weighted by atomic mass is 9.75. The maximum absolute atomic E-state index is 11.2. The van der Waals surface area contributed by atoms with E-state index in [9.17, 15) is 19.8 Å².